The van der Waals surface area contributed by atoms with E-state index in [9.17, 15) is 9.59 Å². The molecule has 1 saturated heterocycles. The summed E-state index contributed by atoms with van der Waals surface area (Å²) in [6, 6.07) is 15.0. The number of pyridine rings is 1. The van der Waals surface area contributed by atoms with Gasteiger partial charge in [-0.15, -0.1) is 0 Å². The minimum Gasteiger partial charge on any atom is -0.376 e. The van der Waals surface area contributed by atoms with Gasteiger partial charge in [0, 0.05) is 24.2 Å². The van der Waals surface area contributed by atoms with Crippen LogP contribution in [0.4, 0.5) is 5.69 Å². The van der Waals surface area contributed by atoms with Crippen LogP contribution in [0.5, 0.6) is 0 Å². The van der Waals surface area contributed by atoms with E-state index in [1.807, 2.05) is 56.3 Å². The summed E-state index contributed by atoms with van der Waals surface area (Å²) in [6.07, 6.45) is 1.71. The zero-order valence-electron chi connectivity index (χ0n) is 18.2. The van der Waals surface area contributed by atoms with Crippen LogP contribution >= 0.6 is 11.6 Å². The summed E-state index contributed by atoms with van der Waals surface area (Å²) in [6.45, 7) is 4.85. The Morgan fingerprint density at radius 2 is 2.00 bits per heavy atom. The van der Waals surface area contributed by atoms with Crippen molar-refractivity contribution in [3.63, 3.8) is 0 Å². The number of ether oxygens (including phenoxy) is 1. The van der Waals surface area contributed by atoms with E-state index >= 15 is 0 Å². The lowest BCUT2D eigenvalue weighted by Gasteiger charge is -2.25. The average Bonchev–Trinajstić information content (AvgIpc) is 3.29. The topological polar surface area (TPSA) is 71.5 Å². The van der Waals surface area contributed by atoms with Gasteiger partial charge in [-0.2, -0.15) is 0 Å². The Bertz CT molecular complexity index is 1160. The Kier molecular flexibility index (Phi) is 6.72. The highest BCUT2D eigenvalue weighted by Crippen LogP contribution is 2.24. The molecule has 0 saturated carbocycles. The summed E-state index contributed by atoms with van der Waals surface area (Å²) in [7, 11) is 0. The maximum absolute atomic E-state index is 13.4. The van der Waals surface area contributed by atoms with Gasteiger partial charge in [0.05, 0.1) is 6.10 Å². The zero-order valence-corrected chi connectivity index (χ0v) is 19.0. The van der Waals surface area contributed by atoms with Gasteiger partial charge in [-0.1, -0.05) is 48.0 Å². The first-order valence-corrected chi connectivity index (χ1v) is 11.1. The fourth-order valence-electron chi connectivity index (χ4n) is 3.93. The molecule has 0 bridgehead atoms. The van der Waals surface area contributed by atoms with Gasteiger partial charge < -0.3 is 15.0 Å². The van der Waals surface area contributed by atoms with Crippen molar-refractivity contribution in [3.8, 4) is 0 Å². The molecular weight excluding hydrogens is 426 g/mol. The van der Waals surface area contributed by atoms with Crippen LogP contribution < -0.4 is 5.32 Å². The molecule has 3 aromatic rings. The highest BCUT2D eigenvalue weighted by Gasteiger charge is 2.26. The van der Waals surface area contributed by atoms with E-state index in [0.29, 0.717) is 13.2 Å². The molecule has 1 fully saturated rings. The van der Waals surface area contributed by atoms with Gasteiger partial charge in [0.1, 0.15) is 17.4 Å². The number of aryl methyl sites for hydroxylation is 1. The van der Waals surface area contributed by atoms with E-state index in [0.717, 1.165) is 40.4 Å². The minimum atomic E-state index is -0.343. The van der Waals surface area contributed by atoms with E-state index in [1.54, 1.807) is 6.07 Å². The Labute approximate surface area is 192 Å². The highest BCUT2D eigenvalue weighted by molar-refractivity contribution is 6.34. The Morgan fingerprint density at radius 3 is 2.78 bits per heavy atom. The van der Waals surface area contributed by atoms with Gasteiger partial charge in [0.15, 0.2) is 0 Å². The molecule has 0 spiro atoms. The molecule has 2 amide bonds. The number of anilines is 1. The van der Waals surface area contributed by atoms with Crippen molar-refractivity contribution >= 4 is 39.9 Å². The molecule has 6 nitrogen and oxygen atoms in total. The molecule has 1 aliphatic rings. The van der Waals surface area contributed by atoms with Crippen molar-refractivity contribution in [2.75, 3.05) is 25.0 Å². The van der Waals surface area contributed by atoms with Crippen LogP contribution in [0.25, 0.3) is 10.8 Å². The third-order valence-electron chi connectivity index (χ3n) is 5.86. The van der Waals surface area contributed by atoms with Gasteiger partial charge in [0.25, 0.3) is 5.91 Å². The number of nitrogens with one attached hydrogen (secondary N) is 1. The second-order valence-corrected chi connectivity index (χ2v) is 8.49. The summed E-state index contributed by atoms with van der Waals surface area (Å²) in [5.74, 6) is -0.610. The SMILES string of the molecule is Cc1cccc(NC(=O)CN(CC2CCCO2)C(=O)c2cc3ccccc3c(Cl)n2)c1C. The van der Waals surface area contributed by atoms with Crippen molar-refractivity contribution in [1.82, 2.24) is 9.88 Å². The van der Waals surface area contributed by atoms with E-state index in [1.165, 1.54) is 4.90 Å². The molecule has 32 heavy (non-hydrogen) atoms. The molecule has 2 aromatic carbocycles. The fourth-order valence-corrected chi connectivity index (χ4v) is 4.19. The standard InChI is InChI=1S/C25H26ClN3O3/c1-16-7-5-11-21(17(16)2)27-23(30)15-29(14-19-9-6-12-32-19)25(31)22-13-18-8-3-4-10-20(18)24(26)28-22/h3-5,7-8,10-11,13,19H,6,9,12,14-15H2,1-2H3,(H,27,30). The zero-order chi connectivity index (χ0) is 22.7. The molecule has 7 heteroatoms. The molecule has 1 N–H and O–H groups in total. The first-order valence-electron chi connectivity index (χ1n) is 10.7. The Balaban J connectivity index is 1.57. The molecule has 1 atom stereocenters. The maximum atomic E-state index is 13.4. The minimum absolute atomic E-state index is 0.0941. The number of nitrogens with zero attached hydrogens (tertiary/aromatic N) is 2. The normalized spacial score (nSPS) is 15.7. The quantitative estimate of drug-likeness (QED) is 0.548. The molecule has 1 aromatic heterocycles. The first kappa shape index (κ1) is 22.2. The number of amides is 2. The van der Waals surface area contributed by atoms with Crippen LogP contribution in [-0.2, 0) is 9.53 Å². The number of halogens is 1. The van der Waals surface area contributed by atoms with E-state index in [2.05, 4.69) is 10.3 Å². The Hall–Kier alpha value is -2.96. The van der Waals surface area contributed by atoms with Crippen LogP contribution in [-0.4, -0.2) is 47.5 Å². The van der Waals surface area contributed by atoms with Crippen molar-refractivity contribution in [2.45, 2.75) is 32.8 Å². The lowest BCUT2D eigenvalue weighted by Crippen LogP contribution is -2.42. The van der Waals surface area contributed by atoms with Gasteiger partial charge in [0.2, 0.25) is 5.91 Å². The fraction of sp³-hybridized carbons (Fsp3) is 0.320. The van der Waals surface area contributed by atoms with E-state index in [4.69, 9.17) is 16.3 Å². The maximum Gasteiger partial charge on any atom is 0.273 e. The molecule has 166 valence electrons. The van der Waals surface area contributed by atoms with E-state index in [-0.39, 0.29) is 35.3 Å². The van der Waals surface area contributed by atoms with Gasteiger partial charge in [-0.05, 0) is 55.3 Å². The molecule has 1 unspecified atom stereocenters. The summed E-state index contributed by atoms with van der Waals surface area (Å²) in [4.78, 5) is 32.1. The molecule has 4 rings (SSSR count). The number of aromatic nitrogens is 1. The van der Waals surface area contributed by atoms with E-state index < -0.39 is 0 Å². The van der Waals surface area contributed by atoms with Crippen LogP contribution in [0, 0.1) is 13.8 Å². The number of fused-ring (bicyclic) bond motifs is 1. The smallest absolute Gasteiger partial charge is 0.273 e. The van der Waals surface area contributed by atoms with Crippen LogP contribution in [0.3, 0.4) is 0 Å². The lowest BCUT2D eigenvalue weighted by molar-refractivity contribution is -0.117. The van der Waals surface area contributed by atoms with Crippen LogP contribution in [0.15, 0.2) is 48.5 Å². The number of rotatable bonds is 6. The number of hydrogen-bond donors (Lipinski definition) is 1. The van der Waals surface area contributed by atoms with Crippen molar-refractivity contribution in [3.05, 3.63) is 70.5 Å². The number of carbonyl (C=O) groups excluding carboxylic acids is 2. The molecular formula is C25H26ClN3O3. The third-order valence-corrected chi connectivity index (χ3v) is 6.15. The van der Waals surface area contributed by atoms with Crippen LogP contribution in [0.1, 0.15) is 34.5 Å². The third kappa shape index (κ3) is 4.92. The van der Waals surface area contributed by atoms with Gasteiger partial charge >= 0.3 is 0 Å². The molecule has 0 aliphatic carbocycles. The highest BCUT2D eigenvalue weighted by atomic mass is 35.5. The second kappa shape index (κ2) is 9.67. The van der Waals surface area contributed by atoms with Crippen molar-refractivity contribution < 1.29 is 14.3 Å². The number of benzene rings is 2. The monoisotopic (exact) mass is 451 g/mol. The average molecular weight is 452 g/mol. The van der Waals surface area contributed by atoms with Crippen molar-refractivity contribution in [1.29, 1.82) is 0 Å². The Morgan fingerprint density at radius 1 is 1.19 bits per heavy atom. The number of hydrogen-bond acceptors (Lipinski definition) is 4. The molecule has 2 heterocycles. The predicted octanol–water partition coefficient (Wildman–Crippen LogP) is 4.76. The van der Waals surface area contributed by atoms with Crippen molar-refractivity contribution in [2.24, 2.45) is 0 Å². The second-order valence-electron chi connectivity index (χ2n) is 8.14. The summed E-state index contributed by atoms with van der Waals surface area (Å²) in [5.41, 5.74) is 3.04. The summed E-state index contributed by atoms with van der Waals surface area (Å²) in [5, 5.41) is 4.81. The predicted molar refractivity (Wildman–Crippen MR) is 126 cm³/mol. The summed E-state index contributed by atoms with van der Waals surface area (Å²) < 4.78 is 5.73. The lowest BCUT2D eigenvalue weighted by atomic mass is 10.1. The summed E-state index contributed by atoms with van der Waals surface area (Å²) >= 11 is 6.34. The largest absolute Gasteiger partial charge is 0.376 e. The molecule has 0 radical (unpaired) electrons. The van der Waals surface area contributed by atoms with Crippen LogP contribution in [0.2, 0.25) is 5.15 Å². The van der Waals surface area contributed by atoms with Gasteiger partial charge in [-0.25, -0.2) is 4.98 Å². The molecule has 1 aliphatic heterocycles. The number of carbonyl (C=O) groups is 2. The first-order chi connectivity index (χ1) is 15.4. The van der Waals surface area contributed by atoms with Gasteiger partial charge in [-0.3, -0.25) is 9.59 Å².